The van der Waals surface area contributed by atoms with Crippen molar-refractivity contribution >= 4 is 11.6 Å². The van der Waals surface area contributed by atoms with Gasteiger partial charge in [0.1, 0.15) is 11.6 Å². The van der Waals surface area contributed by atoms with Crippen LogP contribution in [0.25, 0.3) is 0 Å². The summed E-state index contributed by atoms with van der Waals surface area (Å²) in [6.45, 7) is 1.52. The van der Waals surface area contributed by atoms with E-state index in [2.05, 4.69) is 34.9 Å². The van der Waals surface area contributed by atoms with E-state index >= 15 is 0 Å². The van der Waals surface area contributed by atoms with Crippen molar-refractivity contribution in [3.8, 4) is 5.75 Å². The quantitative estimate of drug-likeness (QED) is 0.854. The second kappa shape index (κ2) is 7.97. The maximum absolute atomic E-state index is 13.7. The minimum atomic E-state index is -0.348. The van der Waals surface area contributed by atoms with E-state index in [0.29, 0.717) is 17.3 Å². The van der Waals surface area contributed by atoms with E-state index in [4.69, 9.17) is 16.3 Å². The number of hydrogen-bond acceptors (Lipinski definition) is 3. The molecule has 1 aliphatic heterocycles. The van der Waals surface area contributed by atoms with Gasteiger partial charge in [0.15, 0.2) is 0 Å². The molecule has 0 bridgehead atoms. The normalized spacial score (nSPS) is 20.8. The molecule has 1 aliphatic rings. The zero-order chi connectivity index (χ0) is 16.9. The molecule has 0 spiro atoms. The van der Waals surface area contributed by atoms with Gasteiger partial charge in [0.05, 0.1) is 12.1 Å². The van der Waals surface area contributed by atoms with Crippen molar-refractivity contribution in [2.24, 2.45) is 0 Å². The van der Waals surface area contributed by atoms with Crippen molar-refractivity contribution in [1.29, 1.82) is 0 Å². The van der Waals surface area contributed by atoms with E-state index in [1.165, 1.54) is 17.7 Å². The Bertz CT molecular complexity index is 681. The average molecular weight is 349 g/mol. The maximum Gasteiger partial charge on any atom is 0.142 e. The molecule has 1 saturated heterocycles. The molecule has 0 saturated carbocycles. The molecular weight excluding hydrogens is 327 g/mol. The fourth-order valence-corrected chi connectivity index (χ4v) is 3.64. The van der Waals surface area contributed by atoms with Crippen LogP contribution in [0.2, 0.25) is 5.02 Å². The van der Waals surface area contributed by atoms with E-state index in [1.807, 2.05) is 6.07 Å². The van der Waals surface area contributed by atoms with E-state index in [1.54, 1.807) is 7.11 Å². The highest BCUT2D eigenvalue weighted by atomic mass is 35.5. The van der Waals surface area contributed by atoms with Gasteiger partial charge >= 0.3 is 0 Å². The fourth-order valence-electron chi connectivity index (χ4n) is 3.33. The summed E-state index contributed by atoms with van der Waals surface area (Å²) in [5.74, 6) is 0.185. The lowest BCUT2D eigenvalue weighted by molar-refractivity contribution is 0.302. The lowest BCUT2D eigenvalue weighted by atomic mass is 9.92. The Morgan fingerprint density at radius 2 is 2.08 bits per heavy atom. The van der Waals surface area contributed by atoms with Crippen molar-refractivity contribution < 1.29 is 9.13 Å². The first kappa shape index (κ1) is 17.2. The average Bonchev–Trinajstić information content (AvgIpc) is 2.60. The van der Waals surface area contributed by atoms with Gasteiger partial charge in [-0.05, 0) is 37.1 Å². The van der Waals surface area contributed by atoms with Crippen molar-refractivity contribution in [3.63, 3.8) is 0 Å². The summed E-state index contributed by atoms with van der Waals surface area (Å²) in [7, 11) is 1.55. The first-order valence-corrected chi connectivity index (χ1v) is 8.60. The van der Waals surface area contributed by atoms with Crippen LogP contribution in [-0.2, 0) is 6.54 Å². The summed E-state index contributed by atoms with van der Waals surface area (Å²) in [5, 5.41) is 7.43. The predicted molar refractivity (Wildman–Crippen MR) is 95.0 cm³/mol. The predicted octanol–water partition coefficient (Wildman–Crippen LogP) is 4.07. The highest BCUT2D eigenvalue weighted by Crippen LogP contribution is 2.30. The monoisotopic (exact) mass is 348 g/mol. The molecule has 0 unspecified atom stereocenters. The zero-order valence-electron chi connectivity index (χ0n) is 13.7. The Morgan fingerprint density at radius 1 is 1.29 bits per heavy atom. The summed E-state index contributed by atoms with van der Waals surface area (Å²) >= 11 is 6.08. The molecule has 128 valence electrons. The second-order valence-electron chi connectivity index (χ2n) is 6.05. The molecule has 5 heteroatoms. The van der Waals surface area contributed by atoms with Gasteiger partial charge in [0, 0.05) is 24.2 Å². The number of piperidine rings is 1. The van der Waals surface area contributed by atoms with Gasteiger partial charge < -0.3 is 15.4 Å². The third-order valence-corrected chi connectivity index (χ3v) is 4.74. The van der Waals surface area contributed by atoms with Gasteiger partial charge in [0.25, 0.3) is 0 Å². The standard InChI is InChI=1S/C19H22ClFN2O/c1-24-19-14(10-15(21)11-16(19)20)12-23-17-8-5-9-22-18(17)13-6-3-2-4-7-13/h2-4,6-7,10-11,17-18,22-23H,5,8-9,12H2,1H3/t17-,18-/m0/s1. The largest absolute Gasteiger partial charge is 0.495 e. The molecule has 2 atom stereocenters. The molecule has 2 N–H and O–H groups in total. The van der Waals surface area contributed by atoms with Gasteiger partial charge in [-0.2, -0.15) is 0 Å². The Kier molecular flexibility index (Phi) is 5.72. The summed E-state index contributed by atoms with van der Waals surface area (Å²) in [6.07, 6.45) is 2.18. The molecule has 2 aromatic rings. The van der Waals surface area contributed by atoms with Crippen molar-refractivity contribution in [2.75, 3.05) is 13.7 Å². The van der Waals surface area contributed by atoms with Crippen LogP contribution in [0.1, 0.15) is 30.0 Å². The van der Waals surface area contributed by atoms with Crippen LogP contribution in [-0.4, -0.2) is 19.7 Å². The van der Waals surface area contributed by atoms with Crippen molar-refractivity contribution in [1.82, 2.24) is 10.6 Å². The number of rotatable bonds is 5. The van der Waals surface area contributed by atoms with E-state index in [0.717, 1.165) is 24.9 Å². The Balaban J connectivity index is 1.75. The third kappa shape index (κ3) is 3.89. The van der Waals surface area contributed by atoms with Crippen molar-refractivity contribution in [2.45, 2.75) is 31.5 Å². The van der Waals surface area contributed by atoms with Crippen LogP contribution in [0.3, 0.4) is 0 Å². The van der Waals surface area contributed by atoms with Gasteiger partial charge in [-0.25, -0.2) is 4.39 Å². The first-order chi connectivity index (χ1) is 11.7. The highest BCUT2D eigenvalue weighted by molar-refractivity contribution is 6.32. The van der Waals surface area contributed by atoms with Crippen LogP contribution < -0.4 is 15.4 Å². The smallest absolute Gasteiger partial charge is 0.142 e. The molecule has 1 fully saturated rings. The lowest BCUT2D eigenvalue weighted by Crippen LogP contribution is -2.45. The number of ether oxygens (including phenoxy) is 1. The molecule has 1 heterocycles. The maximum atomic E-state index is 13.7. The molecule has 0 aliphatic carbocycles. The Labute approximate surface area is 147 Å². The zero-order valence-corrected chi connectivity index (χ0v) is 14.4. The molecule has 0 aromatic heterocycles. The summed E-state index contributed by atoms with van der Waals surface area (Å²) in [5.41, 5.74) is 2.00. The molecule has 0 radical (unpaired) electrons. The summed E-state index contributed by atoms with van der Waals surface area (Å²) < 4.78 is 19.0. The summed E-state index contributed by atoms with van der Waals surface area (Å²) in [4.78, 5) is 0. The Morgan fingerprint density at radius 3 is 2.83 bits per heavy atom. The molecule has 3 rings (SSSR count). The molecule has 24 heavy (non-hydrogen) atoms. The minimum Gasteiger partial charge on any atom is -0.495 e. The topological polar surface area (TPSA) is 33.3 Å². The van der Waals surface area contributed by atoms with Crippen molar-refractivity contribution in [3.05, 3.63) is 64.4 Å². The lowest BCUT2D eigenvalue weighted by Gasteiger charge is -2.34. The molecule has 3 nitrogen and oxygen atoms in total. The van der Waals surface area contributed by atoms with Gasteiger partial charge in [0.2, 0.25) is 0 Å². The Hall–Kier alpha value is -1.62. The van der Waals surface area contributed by atoms with Crippen LogP contribution >= 0.6 is 11.6 Å². The first-order valence-electron chi connectivity index (χ1n) is 8.22. The van der Waals surface area contributed by atoms with E-state index < -0.39 is 0 Å². The van der Waals surface area contributed by atoms with Crippen LogP contribution in [0.4, 0.5) is 4.39 Å². The third-order valence-electron chi connectivity index (χ3n) is 4.46. The SMILES string of the molecule is COc1c(Cl)cc(F)cc1CN[C@H]1CCCN[C@H]1c1ccccc1. The number of methoxy groups -OCH3 is 1. The number of benzene rings is 2. The van der Waals surface area contributed by atoms with Crippen LogP contribution in [0.15, 0.2) is 42.5 Å². The minimum absolute atomic E-state index is 0.245. The van der Waals surface area contributed by atoms with Gasteiger partial charge in [-0.1, -0.05) is 41.9 Å². The van der Waals surface area contributed by atoms with E-state index in [9.17, 15) is 4.39 Å². The molecule has 0 amide bonds. The molecule has 2 aromatic carbocycles. The molecular formula is C19H22ClFN2O. The van der Waals surface area contributed by atoms with Crippen LogP contribution in [0, 0.1) is 5.82 Å². The summed E-state index contributed by atoms with van der Waals surface area (Å²) in [6, 6.07) is 13.7. The highest BCUT2D eigenvalue weighted by Gasteiger charge is 2.26. The number of halogens is 2. The van der Waals surface area contributed by atoms with E-state index in [-0.39, 0.29) is 17.9 Å². The van der Waals surface area contributed by atoms with Gasteiger partial charge in [-0.3, -0.25) is 0 Å². The van der Waals surface area contributed by atoms with Crippen LogP contribution in [0.5, 0.6) is 5.75 Å². The fraction of sp³-hybridized carbons (Fsp3) is 0.368. The van der Waals surface area contributed by atoms with Gasteiger partial charge in [-0.15, -0.1) is 0 Å². The number of nitrogens with one attached hydrogen (secondary N) is 2. The number of hydrogen-bond donors (Lipinski definition) is 2. The second-order valence-corrected chi connectivity index (χ2v) is 6.46.